The van der Waals surface area contributed by atoms with Crippen LogP contribution in [0.25, 0.3) is 0 Å². The average molecular weight is 519 g/mol. The molecule has 0 spiro atoms. The van der Waals surface area contributed by atoms with Crippen molar-refractivity contribution >= 4 is 29.4 Å². The fourth-order valence-corrected chi connectivity index (χ4v) is 5.52. The summed E-state index contributed by atoms with van der Waals surface area (Å²) in [4.78, 5) is 31.6. The van der Waals surface area contributed by atoms with E-state index in [9.17, 15) is 20.1 Å². The fourth-order valence-electron chi connectivity index (χ4n) is 4.46. The molecule has 11 heteroatoms. The summed E-state index contributed by atoms with van der Waals surface area (Å²) in [6, 6.07) is 13.4. The molecular weight excluding hydrogens is 490 g/mol. The number of nitrogens with zero attached hydrogens (tertiary/aromatic N) is 4. The Kier molecular flexibility index (Phi) is 7.98. The number of thioether (sulfide) groups is 1. The van der Waals surface area contributed by atoms with Crippen LogP contribution in [0.15, 0.2) is 35.4 Å². The number of primary amides is 1. The number of ether oxygens (including phenoxy) is 1. The number of nitriles is 2. The SMILES string of the molecule is CCc1c(C#N)c(SC(C(N)=O)c2ccccc2)nc(N2CCC(NC(=O)C3(N)[CH]OC3)CC2)c1C#N. The first-order chi connectivity index (χ1) is 17.8. The third-order valence-corrected chi connectivity index (χ3v) is 7.84. The molecule has 0 bridgehead atoms. The molecule has 2 aromatic rings. The largest absolute Gasteiger partial charge is 0.370 e. The second-order valence-electron chi connectivity index (χ2n) is 9.06. The van der Waals surface area contributed by atoms with Crippen LogP contribution in [0.5, 0.6) is 0 Å². The second kappa shape index (κ2) is 11.2. The zero-order valence-electron chi connectivity index (χ0n) is 20.4. The van der Waals surface area contributed by atoms with Gasteiger partial charge in [0.2, 0.25) is 11.8 Å². The van der Waals surface area contributed by atoms with E-state index in [1.807, 2.05) is 30.0 Å². The van der Waals surface area contributed by atoms with Gasteiger partial charge in [0, 0.05) is 19.1 Å². The molecule has 2 unspecified atom stereocenters. The third kappa shape index (κ3) is 5.39. The summed E-state index contributed by atoms with van der Waals surface area (Å²) in [6.07, 6.45) is 1.71. The van der Waals surface area contributed by atoms with Crippen molar-refractivity contribution in [3.05, 3.63) is 59.2 Å². The van der Waals surface area contributed by atoms with Gasteiger partial charge < -0.3 is 26.4 Å². The number of aromatic nitrogens is 1. The fraction of sp³-hybridized carbons (Fsp3) is 0.385. The average Bonchev–Trinajstić information content (AvgIpc) is 2.90. The highest BCUT2D eigenvalue weighted by Crippen LogP contribution is 2.40. The van der Waals surface area contributed by atoms with Crippen molar-refractivity contribution in [1.82, 2.24) is 10.3 Å². The summed E-state index contributed by atoms with van der Waals surface area (Å²) >= 11 is 1.12. The number of nitrogens with two attached hydrogens (primary N) is 2. The standard InChI is InChI=1S/C26H28N7O3S/c1-2-18-19(12-27)23(33-10-8-17(9-11-33)31-25(35)26(30)14-36-15-26)32-24(20(18)13-28)37-21(22(29)34)16-6-4-3-5-7-16/h3-7,14,17,21H,2,8-11,15,30H2,1H3,(H2,29,34)(H,31,35). The van der Waals surface area contributed by atoms with Crippen LogP contribution >= 0.6 is 11.8 Å². The highest BCUT2D eigenvalue weighted by molar-refractivity contribution is 8.00. The Morgan fingerprint density at radius 2 is 1.89 bits per heavy atom. The molecule has 2 atom stereocenters. The maximum Gasteiger partial charge on any atom is 0.245 e. The number of piperidine rings is 1. The maximum atomic E-state index is 12.5. The molecular formula is C26H28N7O3S. The van der Waals surface area contributed by atoms with E-state index in [2.05, 4.69) is 17.5 Å². The second-order valence-corrected chi connectivity index (χ2v) is 10.2. The Bertz CT molecular complexity index is 1260. The van der Waals surface area contributed by atoms with Gasteiger partial charge in [0.05, 0.1) is 17.7 Å². The number of amides is 2. The predicted octanol–water partition coefficient (Wildman–Crippen LogP) is 1.68. The number of hydrogen-bond acceptors (Lipinski definition) is 9. The van der Waals surface area contributed by atoms with Gasteiger partial charge in [-0.2, -0.15) is 10.5 Å². The first kappa shape index (κ1) is 26.4. The monoisotopic (exact) mass is 518 g/mol. The van der Waals surface area contributed by atoms with Crippen molar-refractivity contribution in [2.24, 2.45) is 11.5 Å². The number of nitrogens with one attached hydrogen (secondary N) is 1. The molecule has 2 aliphatic heterocycles. The minimum atomic E-state index is -1.09. The highest BCUT2D eigenvalue weighted by Gasteiger charge is 2.43. The number of benzene rings is 1. The summed E-state index contributed by atoms with van der Waals surface area (Å²) in [6.45, 7) is 4.47. The predicted molar refractivity (Wildman–Crippen MR) is 138 cm³/mol. The van der Waals surface area contributed by atoms with E-state index >= 15 is 0 Å². The molecule has 0 saturated carbocycles. The summed E-state index contributed by atoms with van der Waals surface area (Å²) in [5, 5.41) is 22.6. The van der Waals surface area contributed by atoms with Gasteiger partial charge >= 0.3 is 0 Å². The van der Waals surface area contributed by atoms with Crippen molar-refractivity contribution in [3.8, 4) is 12.1 Å². The van der Waals surface area contributed by atoms with Crippen LogP contribution in [0.3, 0.4) is 0 Å². The molecule has 2 fully saturated rings. The van der Waals surface area contributed by atoms with Gasteiger partial charge in [-0.15, -0.1) is 0 Å². The van der Waals surface area contributed by atoms with E-state index in [4.69, 9.17) is 21.2 Å². The molecule has 0 aliphatic carbocycles. The first-order valence-electron chi connectivity index (χ1n) is 12.0. The molecule has 191 valence electrons. The van der Waals surface area contributed by atoms with Crippen LogP contribution in [0, 0.1) is 29.3 Å². The van der Waals surface area contributed by atoms with Crippen LogP contribution in [0.4, 0.5) is 5.82 Å². The lowest BCUT2D eigenvalue weighted by Gasteiger charge is -2.39. The Morgan fingerprint density at radius 1 is 1.24 bits per heavy atom. The Balaban J connectivity index is 1.61. The molecule has 4 rings (SSSR count). The minimum absolute atomic E-state index is 0.0705. The van der Waals surface area contributed by atoms with Crippen LogP contribution < -0.4 is 21.7 Å². The van der Waals surface area contributed by atoms with Gasteiger partial charge in [-0.3, -0.25) is 9.59 Å². The normalized spacial score (nSPS) is 17.7. The van der Waals surface area contributed by atoms with Gasteiger partial charge in [-0.05, 0) is 30.4 Å². The van der Waals surface area contributed by atoms with E-state index in [-0.39, 0.29) is 24.1 Å². The van der Waals surface area contributed by atoms with Crippen LogP contribution in [0.2, 0.25) is 0 Å². The van der Waals surface area contributed by atoms with Crippen molar-refractivity contribution < 1.29 is 14.3 Å². The minimum Gasteiger partial charge on any atom is -0.370 e. The van der Waals surface area contributed by atoms with Crippen molar-refractivity contribution in [2.75, 3.05) is 24.6 Å². The summed E-state index contributed by atoms with van der Waals surface area (Å²) in [5.74, 6) is -0.344. The molecule has 1 radical (unpaired) electrons. The van der Waals surface area contributed by atoms with Gasteiger partial charge in [-0.1, -0.05) is 49.0 Å². The summed E-state index contributed by atoms with van der Waals surface area (Å²) in [5.41, 5.74) is 12.6. The molecule has 37 heavy (non-hydrogen) atoms. The number of carbonyl (C=O) groups is 2. The maximum absolute atomic E-state index is 12.5. The molecule has 2 saturated heterocycles. The Hall–Kier alpha value is -3.64. The van der Waals surface area contributed by atoms with Crippen molar-refractivity contribution in [2.45, 2.75) is 48.0 Å². The van der Waals surface area contributed by atoms with Crippen molar-refractivity contribution in [1.29, 1.82) is 10.5 Å². The molecule has 3 heterocycles. The molecule has 5 N–H and O–H groups in total. The van der Waals surface area contributed by atoms with E-state index in [0.717, 1.165) is 11.8 Å². The van der Waals surface area contributed by atoms with E-state index in [1.165, 1.54) is 6.61 Å². The zero-order chi connectivity index (χ0) is 26.6. The molecule has 1 aromatic carbocycles. The summed E-state index contributed by atoms with van der Waals surface area (Å²) in [7, 11) is 0. The van der Waals surface area contributed by atoms with E-state index in [1.54, 1.807) is 12.1 Å². The number of carbonyl (C=O) groups excluding carboxylic acids is 2. The summed E-state index contributed by atoms with van der Waals surface area (Å²) < 4.78 is 4.96. The van der Waals surface area contributed by atoms with Crippen LogP contribution in [-0.4, -0.2) is 48.1 Å². The van der Waals surface area contributed by atoms with E-state index < -0.39 is 16.7 Å². The van der Waals surface area contributed by atoms with Crippen LogP contribution in [0.1, 0.15) is 47.3 Å². The molecule has 2 aliphatic rings. The zero-order valence-corrected chi connectivity index (χ0v) is 21.3. The Labute approximate surface area is 220 Å². The van der Waals surface area contributed by atoms with Gasteiger partial charge in [0.1, 0.15) is 40.4 Å². The first-order valence-corrected chi connectivity index (χ1v) is 12.9. The molecule has 10 nitrogen and oxygen atoms in total. The quantitative estimate of drug-likeness (QED) is 0.440. The molecule has 2 amide bonds. The lowest BCUT2D eigenvalue weighted by atomic mass is 9.95. The smallest absolute Gasteiger partial charge is 0.245 e. The van der Waals surface area contributed by atoms with Gasteiger partial charge in [0.25, 0.3) is 0 Å². The van der Waals surface area contributed by atoms with E-state index in [0.29, 0.717) is 59.9 Å². The number of pyridine rings is 1. The lowest BCUT2D eigenvalue weighted by molar-refractivity contribution is -0.136. The van der Waals surface area contributed by atoms with Gasteiger partial charge in [-0.25, -0.2) is 4.98 Å². The van der Waals surface area contributed by atoms with Crippen molar-refractivity contribution in [3.63, 3.8) is 0 Å². The van der Waals surface area contributed by atoms with Crippen LogP contribution in [-0.2, 0) is 20.7 Å². The number of hydrogen-bond donors (Lipinski definition) is 3. The number of anilines is 1. The molecule has 1 aromatic heterocycles. The lowest BCUT2D eigenvalue weighted by Crippen LogP contribution is -2.65. The Morgan fingerprint density at radius 3 is 2.41 bits per heavy atom. The topological polar surface area (TPSA) is 171 Å². The number of rotatable bonds is 8. The van der Waals surface area contributed by atoms with Gasteiger partial charge in [0.15, 0.2) is 0 Å². The highest BCUT2D eigenvalue weighted by atomic mass is 32.2. The third-order valence-electron chi connectivity index (χ3n) is 6.58.